The summed E-state index contributed by atoms with van der Waals surface area (Å²) in [6.07, 6.45) is 6.21. The van der Waals surface area contributed by atoms with E-state index in [1.165, 1.54) is 6.33 Å². The predicted molar refractivity (Wildman–Crippen MR) is 121 cm³/mol. The second-order valence-electron chi connectivity index (χ2n) is 7.92. The molecule has 5 rings (SSSR count). The van der Waals surface area contributed by atoms with Crippen molar-refractivity contribution in [3.05, 3.63) is 65.7 Å². The van der Waals surface area contributed by atoms with Crippen LogP contribution in [0.5, 0.6) is 17.4 Å². The fourth-order valence-corrected chi connectivity index (χ4v) is 3.93. The van der Waals surface area contributed by atoms with Crippen molar-refractivity contribution in [2.75, 3.05) is 13.1 Å². The molecule has 2 N–H and O–H groups in total. The lowest BCUT2D eigenvalue weighted by Crippen LogP contribution is -2.55. The van der Waals surface area contributed by atoms with Crippen molar-refractivity contribution in [3.8, 4) is 17.4 Å². The molecule has 0 unspecified atom stereocenters. The first-order chi connectivity index (χ1) is 16.6. The van der Waals surface area contributed by atoms with Gasteiger partial charge in [0.05, 0.1) is 17.9 Å². The molecule has 11 nitrogen and oxygen atoms in total. The summed E-state index contributed by atoms with van der Waals surface area (Å²) < 4.78 is 15.2. The predicted octanol–water partition coefficient (Wildman–Crippen LogP) is 2.14. The summed E-state index contributed by atoms with van der Waals surface area (Å²) in [6, 6.07) is 10.2. The third-order valence-electron chi connectivity index (χ3n) is 5.78. The van der Waals surface area contributed by atoms with Crippen molar-refractivity contribution in [1.29, 1.82) is 0 Å². The number of ether oxygens (including phenoxy) is 2. The first-order valence-corrected chi connectivity index (χ1v) is 10.9. The molecule has 0 amide bonds. The Kier molecular flexibility index (Phi) is 5.81. The average molecular weight is 461 g/mol. The molecule has 1 aromatic carbocycles. The molecule has 0 aliphatic carbocycles. The molecule has 0 saturated carbocycles. The zero-order chi connectivity index (χ0) is 23.5. The average Bonchev–Trinajstić information content (AvgIpc) is 3.31. The molecule has 3 aromatic heterocycles. The van der Waals surface area contributed by atoms with Crippen molar-refractivity contribution in [2.45, 2.75) is 25.8 Å². The van der Waals surface area contributed by atoms with Crippen LogP contribution in [-0.4, -0.2) is 53.6 Å². The summed E-state index contributed by atoms with van der Waals surface area (Å²) in [5.41, 5.74) is 1.89. The van der Waals surface area contributed by atoms with Crippen LogP contribution < -0.4 is 14.7 Å². The number of aromatic nitrogens is 5. The number of aryl methyl sites for hydroxylation is 1. The van der Waals surface area contributed by atoms with Crippen molar-refractivity contribution in [2.24, 2.45) is 0 Å². The normalized spacial score (nSPS) is 15.8. The third-order valence-corrected chi connectivity index (χ3v) is 5.78. The number of fused-ring (bicyclic) bond motifs is 1. The van der Waals surface area contributed by atoms with Gasteiger partial charge in [-0.05, 0) is 31.2 Å². The number of aliphatic hydroxyl groups is 1. The minimum Gasteiger partial charge on any atom is -0.436 e. The molecule has 0 radical (unpaired) electrons. The van der Waals surface area contributed by atoms with E-state index in [1.807, 2.05) is 23.7 Å². The van der Waals surface area contributed by atoms with Crippen LogP contribution in [0.1, 0.15) is 24.6 Å². The summed E-state index contributed by atoms with van der Waals surface area (Å²) in [7, 11) is 0. The van der Waals surface area contributed by atoms with Gasteiger partial charge in [-0.3, -0.25) is 4.98 Å². The maximum absolute atomic E-state index is 10.7. The van der Waals surface area contributed by atoms with Gasteiger partial charge in [-0.25, -0.2) is 14.6 Å². The molecule has 1 aliphatic rings. The zero-order valence-corrected chi connectivity index (χ0v) is 18.5. The first kappa shape index (κ1) is 21.4. The van der Waals surface area contributed by atoms with Gasteiger partial charge in [-0.2, -0.15) is 9.67 Å². The highest BCUT2D eigenvalue weighted by Crippen LogP contribution is 2.30. The molecule has 1 aliphatic heterocycles. The number of aliphatic hydroxyl groups excluding tert-OH is 1. The van der Waals surface area contributed by atoms with E-state index in [1.54, 1.807) is 46.4 Å². The molecular formula is C23H23N7O4+2. The Hall–Kier alpha value is -4.41. The van der Waals surface area contributed by atoms with Gasteiger partial charge in [0.25, 0.3) is 5.69 Å². The van der Waals surface area contributed by atoms with Crippen LogP contribution in [0.2, 0.25) is 0 Å². The van der Waals surface area contributed by atoms with Gasteiger partial charge in [0, 0.05) is 41.3 Å². The third kappa shape index (κ3) is 4.27. The van der Waals surface area contributed by atoms with Gasteiger partial charge in [0.1, 0.15) is 17.5 Å². The van der Waals surface area contributed by atoms with Gasteiger partial charge in [0.15, 0.2) is 24.5 Å². The minimum absolute atomic E-state index is 0.104. The van der Waals surface area contributed by atoms with Gasteiger partial charge in [0.2, 0.25) is 5.88 Å². The Labute approximate surface area is 194 Å². The lowest BCUT2D eigenvalue weighted by Gasteiger charge is -2.21. The number of nitroso groups, excluding NO2 is 1. The maximum atomic E-state index is 10.7. The Bertz CT molecular complexity index is 1360. The van der Waals surface area contributed by atoms with Crippen LogP contribution in [-0.2, 0) is 0 Å². The summed E-state index contributed by atoms with van der Waals surface area (Å²) >= 11 is 0. The molecule has 0 bridgehead atoms. The highest BCUT2D eigenvalue weighted by atomic mass is 16.6. The highest BCUT2D eigenvalue weighted by Gasteiger charge is 2.29. The van der Waals surface area contributed by atoms with Gasteiger partial charge < -0.3 is 14.6 Å². The Morgan fingerprint density at radius 2 is 1.94 bits per heavy atom. The van der Waals surface area contributed by atoms with Crippen LogP contribution >= 0.6 is 0 Å². The summed E-state index contributed by atoms with van der Waals surface area (Å²) in [5, 5.41) is 17.5. The quantitative estimate of drug-likeness (QED) is 0.342. The molecule has 34 heavy (non-hydrogen) atoms. The van der Waals surface area contributed by atoms with E-state index in [0.29, 0.717) is 41.8 Å². The molecule has 4 heterocycles. The van der Waals surface area contributed by atoms with Crippen molar-refractivity contribution >= 4 is 22.8 Å². The largest absolute Gasteiger partial charge is 0.552 e. The van der Waals surface area contributed by atoms with Crippen LogP contribution in [0.15, 0.2) is 55.1 Å². The molecular weight excluding hydrogens is 438 g/mol. The minimum atomic E-state index is -0.170. The smallest absolute Gasteiger partial charge is 0.436 e. The SMILES string of the molecule is Cc1ncccc1Oc1ncnc2c1cnn2C1CC[N+](=C(O)Oc2ccc([NH+]=O)cc2)CC1. The molecule has 172 valence electrons. The number of pyridine rings is 1. The summed E-state index contributed by atoms with van der Waals surface area (Å²) in [5.74, 6) is 1.51. The maximum Gasteiger partial charge on any atom is 0.552 e. The fourth-order valence-electron chi connectivity index (χ4n) is 3.93. The van der Waals surface area contributed by atoms with E-state index >= 15 is 0 Å². The zero-order valence-electron chi connectivity index (χ0n) is 18.5. The second kappa shape index (κ2) is 9.22. The van der Waals surface area contributed by atoms with E-state index in [4.69, 9.17) is 9.47 Å². The molecule has 1 saturated heterocycles. The van der Waals surface area contributed by atoms with E-state index in [2.05, 4.69) is 20.1 Å². The first-order valence-electron chi connectivity index (χ1n) is 10.9. The van der Waals surface area contributed by atoms with Crippen molar-refractivity contribution < 1.29 is 24.3 Å². The number of hydrogen-bond donors (Lipinski definition) is 2. The highest BCUT2D eigenvalue weighted by molar-refractivity contribution is 5.80. The van der Waals surface area contributed by atoms with Gasteiger partial charge in [-0.1, -0.05) is 0 Å². The lowest BCUT2D eigenvalue weighted by atomic mass is 10.1. The van der Waals surface area contributed by atoms with E-state index in [-0.39, 0.29) is 12.1 Å². The topological polar surface area (TPSA) is 129 Å². The van der Waals surface area contributed by atoms with Crippen molar-refractivity contribution in [1.82, 2.24) is 24.7 Å². The van der Waals surface area contributed by atoms with Crippen LogP contribution in [0, 0.1) is 11.8 Å². The number of nitrogens with zero attached hydrogens (tertiary/aromatic N) is 6. The molecule has 1 fully saturated rings. The number of benzene rings is 1. The molecule has 4 aromatic rings. The Morgan fingerprint density at radius 1 is 1.15 bits per heavy atom. The lowest BCUT2D eigenvalue weighted by molar-refractivity contribution is -0.554. The Balaban J connectivity index is 1.30. The molecule has 11 heteroatoms. The van der Waals surface area contributed by atoms with Crippen LogP contribution in [0.4, 0.5) is 5.69 Å². The number of piperidine rings is 1. The van der Waals surface area contributed by atoms with Gasteiger partial charge in [-0.15, -0.1) is 0 Å². The standard InChI is InChI=1S/C23H21N7O4/c1-15-20(3-2-10-24-15)34-22-19-13-27-30(21(19)25-14-26-22)17-8-11-29(12-9-17)23(31)33-18-6-4-16(28-32)5-7-18/h2-7,10,13-14,17H,8-9,11-12H2,1H3/p+2. The molecule has 0 atom stereocenters. The monoisotopic (exact) mass is 461 g/mol. The van der Waals surface area contributed by atoms with Crippen LogP contribution in [0.3, 0.4) is 0 Å². The number of nitrogens with one attached hydrogen (secondary N) is 1. The molecule has 0 spiro atoms. The fraction of sp³-hybridized carbons (Fsp3) is 0.261. The van der Waals surface area contributed by atoms with Gasteiger partial charge >= 0.3 is 6.08 Å². The second-order valence-corrected chi connectivity index (χ2v) is 7.92. The van der Waals surface area contributed by atoms with E-state index in [9.17, 15) is 10.0 Å². The Morgan fingerprint density at radius 3 is 2.68 bits per heavy atom. The van der Waals surface area contributed by atoms with Crippen molar-refractivity contribution in [3.63, 3.8) is 0 Å². The number of rotatable bonds is 5. The summed E-state index contributed by atoms with van der Waals surface area (Å²) in [4.78, 5) is 23.6. The van der Waals surface area contributed by atoms with E-state index in [0.717, 1.165) is 23.9 Å². The van der Waals surface area contributed by atoms with E-state index < -0.39 is 0 Å². The number of hydrogen-bond acceptors (Lipinski definition) is 7. The van der Waals surface area contributed by atoms with Crippen LogP contribution in [0.25, 0.3) is 11.0 Å². The summed E-state index contributed by atoms with van der Waals surface area (Å²) in [6.45, 7) is 3.04.